The van der Waals surface area contributed by atoms with Gasteiger partial charge in [-0.2, -0.15) is 0 Å². The zero-order chi connectivity index (χ0) is 16.7. The number of nitrogens with zero attached hydrogens (tertiary/aromatic N) is 2. The highest BCUT2D eigenvalue weighted by Crippen LogP contribution is 2.32. The summed E-state index contributed by atoms with van der Waals surface area (Å²) >= 11 is 1.78. The normalized spacial score (nSPS) is 20.2. The van der Waals surface area contributed by atoms with Gasteiger partial charge in [-0.05, 0) is 49.9 Å². The Morgan fingerprint density at radius 1 is 1.29 bits per heavy atom. The van der Waals surface area contributed by atoms with Crippen LogP contribution in [-0.4, -0.2) is 28.9 Å². The summed E-state index contributed by atoms with van der Waals surface area (Å²) in [4.78, 5) is 20.9. The van der Waals surface area contributed by atoms with Crippen LogP contribution in [0.5, 0.6) is 0 Å². The molecule has 3 heterocycles. The van der Waals surface area contributed by atoms with Crippen LogP contribution >= 0.6 is 11.3 Å². The highest BCUT2D eigenvalue weighted by molar-refractivity contribution is 7.11. The predicted octanol–water partition coefficient (Wildman–Crippen LogP) is 3.81. The number of rotatable bonds is 2. The van der Waals surface area contributed by atoms with E-state index in [2.05, 4.69) is 13.8 Å². The van der Waals surface area contributed by atoms with Gasteiger partial charge in [0.25, 0.3) is 5.91 Å². The molecular formula is C19H22N2O2S. The van der Waals surface area contributed by atoms with Gasteiger partial charge in [-0.3, -0.25) is 4.79 Å². The summed E-state index contributed by atoms with van der Waals surface area (Å²) in [6, 6.07) is 5.98. The second kappa shape index (κ2) is 6.30. The molecule has 1 atom stereocenters. The molecular weight excluding hydrogens is 320 g/mol. The Hall–Kier alpha value is -1.72. The summed E-state index contributed by atoms with van der Waals surface area (Å²) in [5, 5.41) is 1.19. The third kappa shape index (κ3) is 2.87. The lowest BCUT2D eigenvalue weighted by Crippen LogP contribution is -2.39. The molecule has 0 bridgehead atoms. The Morgan fingerprint density at radius 3 is 2.92 bits per heavy atom. The molecule has 1 fully saturated rings. The van der Waals surface area contributed by atoms with Gasteiger partial charge >= 0.3 is 0 Å². The molecule has 24 heavy (non-hydrogen) atoms. The number of fused-ring (bicyclic) bond motifs is 1. The Bertz CT molecular complexity index is 764. The first-order valence-corrected chi connectivity index (χ1v) is 9.36. The van der Waals surface area contributed by atoms with Gasteiger partial charge in [0.15, 0.2) is 0 Å². The first-order valence-electron chi connectivity index (χ1n) is 8.54. The van der Waals surface area contributed by atoms with Crippen LogP contribution in [0.15, 0.2) is 18.2 Å². The average Bonchev–Trinajstić information content (AvgIpc) is 3.20. The van der Waals surface area contributed by atoms with Gasteiger partial charge in [-0.15, -0.1) is 11.3 Å². The van der Waals surface area contributed by atoms with Crippen molar-refractivity contribution >= 4 is 17.2 Å². The topological polar surface area (TPSA) is 42.4 Å². The largest absolute Gasteiger partial charge is 0.372 e. The van der Waals surface area contributed by atoms with E-state index in [0.29, 0.717) is 19.1 Å². The second-order valence-corrected chi connectivity index (χ2v) is 8.00. The monoisotopic (exact) mass is 342 g/mol. The molecule has 1 unspecified atom stereocenters. The zero-order valence-electron chi connectivity index (χ0n) is 14.2. The van der Waals surface area contributed by atoms with Gasteiger partial charge < -0.3 is 9.64 Å². The third-order valence-corrected chi connectivity index (χ3v) is 6.31. The average molecular weight is 342 g/mol. The van der Waals surface area contributed by atoms with Gasteiger partial charge in [0.2, 0.25) is 0 Å². The second-order valence-electron chi connectivity index (χ2n) is 6.76. The minimum Gasteiger partial charge on any atom is -0.372 e. The maximum Gasteiger partial charge on any atom is 0.253 e. The van der Waals surface area contributed by atoms with Crippen molar-refractivity contribution in [2.24, 2.45) is 0 Å². The lowest BCUT2D eigenvalue weighted by atomic mass is 9.97. The fraction of sp³-hybridized carbons (Fsp3) is 0.474. The predicted molar refractivity (Wildman–Crippen MR) is 94.4 cm³/mol. The first-order chi connectivity index (χ1) is 11.6. The Labute approximate surface area is 146 Å². The van der Waals surface area contributed by atoms with Crippen LogP contribution in [0.4, 0.5) is 0 Å². The number of benzene rings is 1. The Morgan fingerprint density at radius 2 is 2.12 bits per heavy atom. The molecule has 1 amide bonds. The molecule has 4 rings (SSSR count). The van der Waals surface area contributed by atoms with Gasteiger partial charge in [0.05, 0.1) is 23.9 Å². The van der Waals surface area contributed by atoms with E-state index >= 15 is 0 Å². The molecule has 4 nitrogen and oxygen atoms in total. The smallest absolute Gasteiger partial charge is 0.253 e. The van der Waals surface area contributed by atoms with Crippen molar-refractivity contribution in [1.82, 2.24) is 9.88 Å². The number of piperidine rings is 1. The maximum atomic E-state index is 12.9. The fourth-order valence-corrected chi connectivity index (χ4v) is 4.57. The van der Waals surface area contributed by atoms with Gasteiger partial charge in [0.1, 0.15) is 0 Å². The van der Waals surface area contributed by atoms with Crippen LogP contribution in [0.1, 0.15) is 55.8 Å². The van der Waals surface area contributed by atoms with Crippen molar-refractivity contribution in [3.8, 4) is 0 Å². The summed E-state index contributed by atoms with van der Waals surface area (Å²) in [5.41, 5.74) is 4.26. The molecule has 1 aromatic heterocycles. The summed E-state index contributed by atoms with van der Waals surface area (Å²) < 4.78 is 5.45. The Kier molecular flexibility index (Phi) is 4.14. The molecule has 1 saturated heterocycles. The zero-order valence-corrected chi connectivity index (χ0v) is 15.0. The standard InChI is InChI=1S/C19H22N2O2S/c1-12-13(2)24-18(20-12)15-4-3-7-21(9-15)19(22)14-5-6-16-10-23-11-17(16)8-14/h5-6,8,15H,3-4,7,9-11H2,1-2H3. The summed E-state index contributed by atoms with van der Waals surface area (Å²) in [6.07, 6.45) is 2.16. The van der Waals surface area contributed by atoms with Crippen LogP contribution in [0.25, 0.3) is 0 Å². The number of aromatic nitrogens is 1. The highest BCUT2D eigenvalue weighted by Gasteiger charge is 2.28. The highest BCUT2D eigenvalue weighted by atomic mass is 32.1. The number of hydrogen-bond acceptors (Lipinski definition) is 4. The van der Waals surface area contributed by atoms with E-state index in [4.69, 9.17) is 9.72 Å². The SMILES string of the molecule is Cc1nc(C2CCCN(C(=O)c3ccc4c(c3)COC4)C2)sc1C. The van der Waals surface area contributed by atoms with Crippen LogP contribution in [0.2, 0.25) is 0 Å². The van der Waals surface area contributed by atoms with E-state index in [1.54, 1.807) is 11.3 Å². The van der Waals surface area contributed by atoms with E-state index in [-0.39, 0.29) is 5.91 Å². The van der Waals surface area contributed by atoms with Crippen molar-refractivity contribution in [1.29, 1.82) is 0 Å². The molecule has 2 aliphatic rings. The molecule has 0 aliphatic carbocycles. The van der Waals surface area contributed by atoms with Gasteiger partial charge in [-0.1, -0.05) is 6.07 Å². The van der Waals surface area contributed by atoms with E-state index in [1.807, 2.05) is 23.1 Å². The maximum absolute atomic E-state index is 12.9. The van der Waals surface area contributed by atoms with Crippen LogP contribution in [0, 0.1) is 13.8 Å². The van der Waals surface area contributed by atoms with E-state index in [9.17, 15) is 4.79 Å². The number of aryl methyl sites for hydroxylation is 2. The number of thiazole rings is 1. The van der Waals surface area contributed by atoms with Crippen LogP contribution in [-0.2, 0) is 18.0 Å². The van der Waals surface area contributed by atoms with E-state index in [1.165, 1.54) is 15.4 Å². The molecule has 5 heteroatoms. The molecule has 2 aliphatic heterocycles. The molecule has 2 aromatic rings. The van der Waals surface area contributed by atoms with Gasteiger partial charge in [0, 0.05) is 29.4 Å². The molecule has 0 saturated carbocycles. The van der Waals surface area contributed by atoms with Crippen molar-refractivity contribution < 1.29 is 9.53 Å². The van der Waals surface area contributed by atoms with Crippen molar-refractivity contribution in [2.45, 2.75) is 45.8 Å². The van der Waals surface area contributed by atoms with Crippen molar-refractivity contribution in [2.75, 3.05) is 13.1 Å². The fourth-order valence-electron chi connectivity index (χ4n) is 3.52. The van der Waals surface area contributed by atoms with E-state index in [0.717, 1.165) is 42.8 Å². The van der Waals surface area contributed by atoms with Crippen LogP contribution in [0.3, 0.4) is 0 Å². The summed E-state index contributed by atoms with van der Waals surface area (Å²) in [6.45, 7) is 7.09. The first kappa shape index (κ1) is 15.8. The minimum atomic E-state index is 0.138. The number of carbonyl (C=O) groups is 1. The molecule has 0 N–H and O–H groups in total. The Balaban J connectivity index is 1.52. The minimum absolute atomic E-state index is 0.138. The number of ether oxygens (including phenoxy) is 1. The quantitative estimate of drug-likeness (QED) is 0.833. The molecule has 126 valence electrons. The third-order valence-electron chi connectivity index (χ3n) is 5.07. The van der Waals surface area contributed by atoms with Crippen molar-refractivity contribution in [3.63, 3.8) is 0 Å². The molecule has 1 aromatic carbocycles. The number of likely N-dealkylation sites (tertiary alicyclic amines) is 1. The number of carbonyl (C=O) groups excluding carboxylic acids is 1. The number of amides is 1. The lowest BCUT2D eigenvalue weighted by molar-refractivity contribution is 0.0707. The number of hydrogen-bond donors (Lipinski definition) is 0. The van der Waals surface area contributed by atoms with E-state index < -0.39 is 0 Å². The molecule has 0 radical (unpaired) electrons. The van der Waals surface area contributed by atoms with Crippen LogP contribution < -0.4 is 0 Å². The summed E-state index contributed by atoms with van der Waals surface area (Å²) in [7, 11) is 0. The molecule has 0 spiro atoms. The van der Waals surface area contributed by atoms with Crippen molar-refractivity contribution in [3.05, 3.63) is 50.5 Å². The van der Waals surface area contributed by atoms with Gasteiger partial charge in [-0.25, -0.2) is 4.98 Å². The lowest BCUT2D eigenvalue weighted by Gasteiger charge is -2.32. The summed E-state index contributed by atoms with van der Waals surface area (Å²) in [5.74, 6) is 0.511.